The molecular weight excluding hydrogens is 363 g/mol. The predicted octanol–water partition coefficient (Wildman–Crippen LogP) is 3.19. The molecule has 0 spiro atoms. The molecule has 0 aliphatic rings. The van der Waals surface area contributed by atoms with Crippen molar-refractivity contribution >= 4 is 5.82 Å². The van der Waals surface area contributed by atoms with Crippen molar-refractivity contribution in [1.82, 2.24) is 25.4 Å². The van der Waals surface area contributed by atoms with Crippen LogP contribution in [-0.4, -0.2) is 32.5 Å². The van der Waals surface area contributed by atoms with Gasteiger partial charge in [0.2, 0.25) is 0 Å². The SMILES string of the molecule is Cc1nonc1CN(C)c1ccc(-c2nc(Cc3ccc(F)cc3)no2)cn1. The molecule has 3 heterocycles. The Morgan fingerprint density at radius 1 is 1.04 bits per heavy atom. The lowest BCUT2D eigenvalue weighted by atomic mass is 10.1. The Kier molecular flexibility index (Phi) is 4.79. The Bertz CT molecular complexity index is 1060. The molecule has 0 bridgehead atoms. The molecule has 0 unspecified atom stereocenters. The van der Waals surface area contributed by atoms with E-state index in [2.05, 4.69) is 25.4 Å². The van der Waals surface area contributed by atoms with Gasteiger partial charge in [-0.25, -0.2) is 14.0 Å². The Hall–Kier alpha value is -3.62. The van der Waals surface area contributed by atoms with Gasteiger partial charge in [-0.1, -0.05) is 27.6 Å². The molecule has 0 radical (unpaired) electrons. The molecule has 0 aliphatic carbocycles. The predicted molar refractivity (Wildman–Crippen MR) is 97.9 cm³/mol. The highest BCUT2D eigenvalue weighted by atomic mass is 19.1. The van der Waals surface area contributed by atoms with E-state index in [1.807, 2.05) is 31.0 Å². The number of pyridine rings is 1. The molecule has 0 saturated carbocycles. The zero-order valence-corrected chi connectivity index (χ0v) is 15.3. The highest BCUT2D eigenvalue weighted by Crippen LogP contribution is 2.21. The summed E-state index contributed by atoms with van der Waals surface area (Å²) in [6.45, 7) is 2.37. The summed E-state index contributed by atoms with van der Waals surface area (Å²) in [6.07, 6.45) is 2.14. The van der Waals surface area contributed by atoms with Gasteiger partial charge >= 0.3 is 0 Å². The molecule has 142 valence electrons. The first-order chi connectivity index (χ1) is 13.6. The van der Waals surface area contributed by atoms with E-state index in [0.717, 1.165) is 22.8 Å². The summed E-state index contributed by atoms with van der Waals surface area (Å²) in [5.41, 5.74) is 3.13. The van der Waals surface area contributed by atoms with E-state index in [9.17, 15) is 4.39 Å². The van der Waals surface area contributed by atoms with Crippen molar-refractivity contribution < 1.29 is 13.5 Å². The van der Waals surface area contributed by atoms with Crippen LogP contribution < -0.4 is 4.90 Å². The molecule has 4 rings (SSSR count). The standard InChI is InChI=1S/C19H17FN6O2/c1-12-16(24-28-23-12)11-26(2)18-8-5-14(10-21-18)19-22-17(25-27-19)9-13-3-6-15(20)7-4-13/h3-8,10H,9,11H2,1-2H3. The molecule has 0 atom stereocenters. The van der Waals surface area contributed by atoms with E-state index in [1.165, 1.54) is 12.1 Å². The van der Waals surface area contributed by atoms with Gasteiger partial charge in [0.05, 0.1) is 12.1 Å². The zero-order valence-electron chi connectivity index (χ0n) is 15.3. The van der Waals surface area contributed by atoms with E-state index < -0.39 is 0 Å². The third-order valence-corrected chi connectivity index (χ3v) is 4.26. The van der Waals surface area contributed by atoms with Crippen LogP contribution in [0.1, 0.15) is 22.8 Å². The van der Waals surface area contributed by atoms with Crippen LogP contribution in [0.3, 0.4) is 0 Å². The van der Waals surface area contributed by atoms with Gasteiger partial charge in [0.15, 0.2) is 5.82 Å². The van der Waals surface area contributed by atoms with E-state index in [1.54, 1.807) is 18.3 Å². The molecule has 3 aromatic heterocycles. The van der Waals surface area contributed by atoms with Crippen LogP contribution in [0.15, 0.2) is 51.7 Å². The number of aromatic nitrogens is 5. The first-order valence-electron chi connectivity index (χ1n) is 8.61. The number of aryl methyl sites for hydroxylation is 1. The van der Waals surface area contributed by atoms with Crippen molar-refractivity contribution in [1.29, 1.82) is 0 Å². The molecule has 0 aliphatic heterocycles. The third-order valence-electron chi connectivity index (χ3n) is 4.26. The monoisotopic (exact) mass is 380 g/mol. The molecule has 28 heavy (non-hydrogen) atoms. The minimum absolute atomic E-state index is 0.274. The topological polar surface area (TPSA) is 94.0 Å². The van der Waals surface area contributed by atoms with E-state index in [4.69, 9.17) is 9.15 Å². The maximum atomic E-state index is 13.0. The molecule has 1 aromatic carbocycles. The second kappa shape index (κ2) is 7.55. The summed E-state index contributed by atoms with van der Waals surface area (Å²) in [6, 6.07) is 9.94. The fourth-order valence-corrected chi connectivity index (χ4v) is 2.66. The van der Waals surface area contributed by atoms with Gasteiger partial charge in [-0.05, 0) is 36.8 Å². The molecule has 4 aromatic rings. The van der Waals surface area contributed by atoms with Crippen LogP contribution in [0, 0.1) is 12.7 Å². The molecule has 0 amide bonds. The summed E-state index contributed by atoms with van der Waals surface area (Å²) in [4.78, 5) is 10.8. The van der Waals surface area contributed by atoms with Crippen LogP contribution in [0.25, 0.3) is 11.5 Å². The number of halogens is 1. The quantitative estimate of drug-likeness (QED) is 0.503. The van der Waals surface area contributed by atoms with Gasteiger partial charge < -0.3 is 9.42 Å². The summed E-state index contributed by atoms with van der Waals surface area (Å²) >= 11 is 0. The summed E-state index contributed by atoms with van der Waals surface area (Å²) in [7, 11) is 1.91. The second-order valence-electron chi connectivity index (χ2n) is 6.38. The summed E-state index contributed by atoms with van der Waals surface area (Å²) in [5, 5.41) is 11.6. The highest BCUT2D eigenvalue weighted by molar-refractivity contribution is 5.54. The van der Waals surface area contributed by atoms with Gasteiger partial charge in [0, 0.05) is 19.7 Å². The van der Waals surface area contributed by atoms with Crippen LogP contribution in [0.2, 0.25) is 0 Å². The lowest BCUT2D eigenvalue weighted by Crippen LogP contribution is -2.18. The molecule has 0 N–H and O–H groups in total. The lowest BCUT2D eigenvalue weighted by Gasteiger charge is -2.16. The minimum Gasteiger partial charge on any atom is -0.354 e. The van der Waals surface area contributed by atoms with E-state index in [0.29, 0.717) is 30.2 Å². The fourth-order valence-electron chi connectivity index (χ4n) is 2.66. The number of hydrogen-bond acceptors (Lipinski definition) is 8. The maximum Gasteiger partial charge on any atom is 0.259 e. The Labute approximate surface area is 160 Å². The van der Waals surface area contributed by atoms with Crippen LogP contribution in [0.5, 0.6) is 0 Å². The smallest absolute Gasteiger partial charge is 0.259 e. The van der Waals surface area contributed by atoms with Crippen LogP contribution >= 0.6 is 0 Å². The van der Waals surface area contributed by atoms with Crippen molar-refractivity contribution in [2.75, 3.05) is 11.9 Å². The highest BCUT2D eigenvalue weighted by Gasteiger charge is 2.13. The van der Waals surface area contributed by atoms with Gasteiger partial charge in [-0.2, -0.15) is 4.98 Å². The van der Waals surface area contributed by atoms with Crippen LogP contribution in [-0.2, 0) is 13.0 Å². The molecule has 8 nitrogen and oxygen atoms in total. The first kappa shape index (κ1) is 17.8. The van der Waals surface area contributed by atoms with Gasteiger partial charge in [-0.3, -0.25) is 0 Å². The van der Waals surface area contributed by atoms with Crippen molar-refractivity contribution in [2.45, 2.75) is 19.9 Å². The minimum atomic E-state index is -0.274. The third kappa shape index (κ3) is 3.88. The van der Waals surface area contributed by atoms with E-state index in [-0.39, 0.29) is 5.82 Å². The molecule has 0 saturated heterocycles. The fraction of sp³-hybridized carbons (Fsp3) is 0.211. The second-order valence-corrected chi connectivity index (χ2v) is 6.38. The van der Waals surface area contributed by atoms with Gasteiger partial charge in [0.25, 0.3) is 5.89 Å². The Balaban J connectivity index is 1.44. The number of anilines is 1. The average molecular weight is 380 g/mol. The molecular formula is C19H17FN6O2. The number of benzene rings is 1. The zero-order chi connectivity index (χ0) is 19.5. The number of nitrogens with zero attached hydrogens (tertiary/aromatic N) is 6. The summed E-state index contributed by atoms with van der Waals surface area (Å²) < 4.78 is 23.0. The van der Waals surface area contributed by atoms with Crippen molar-refractivity contribution in [3.8, 4) is 11.5 Å². The Morgan fingerprint density at radius 2 is 1.86 bits per heavy atom. The normalized spacial score (nSPS) is 11.0. The Morgan fingerprint density at radius 3 is 2.54 bits per heavy atom. The van der Waals surface area contributed by atoms with E-state index >= 15 is 0 Å². The number of rotatable bonds is 6. The summed E-state index contributed by atoms with van der Waals surface area (Å²) in [5.74, 6) is 1.40. The molecule has 0 fully saturated rings. The van der Waals surface area contributed by atoms with Crippen molar-refractivity contribution in [2.24, 2.45) is 0 Å². The molecule has 9 heteroatoms. The first-order valence-corrected chi connectivity index (χ1v) is 8.61. The average Bonchev–Trinajstić information content (AvgIpc) is 3.33. The number of hydrogen-bond donors (Lipinski definition) is 0. The lowest BCUT2D eigenvalue weighted by molar-refractivity contribution is 0.301. The van der Waals surface area contributed by atoms with Gasteiger partial charge in [0.1, 0.15) is 23.0 Å². The van der Waals surface area contributed by atoms with Gasteiger partial charge in [-0.15, -0.1) is 0 Å². The largest absolute Gasteiger partial charge is 0.354 e. The van der Waals surface area contributed by atoms with Crippen molar-refractivity contribution in [3.63, 3.8) is 0 Å². The van der Waals surface area contributed by atoms with Crippen LogP contribution in [0.4, 0.5) is 10.2 Å². The van der Waals surface area contributed by atoms with Crippen molar-refractivity contribution in [3.05, 3.63) is 71.2 Å². The maximum absolute atomic E-state index is 13.0.